The Kier molecular flexibility index (Phi) is 6.00. The SMILES string of the molecule is CO[C@H](c1ccccc1)[C@H](NC(=O)OCC1c2ccccc2-c2ccccc21)C(=O)O. The Morgan fingerprint density at radius 1 is 0.903 bits per heavy atom. The lowest BCUT2D eigenvalue weighted by Gasteiger charge is -2.24. The number of alkyl carbamates (subject to hydrolysis) is 1. The maximum Gasteiger partial charge on any atom is 0.407 e. The highest BCUT2D eigenvalue weighted by atomic mass is 16.5. The number of hydrogen-bond donors (Lipinski definition) is 2. The Bertz CT molecular complexity index is 1040. The van der Waals surface area contributed by atoms with E-state index in [-0.39, 0.29) is 12.5 Å². The highest BCUT2D eigenvalue weighted by Crippen LogP contribution is 2.44. The van der Waals surface area contributed by atoms with Gasteiger partial charge in [-0.15, -0.1) is 0 Å². The van der Waals surface area contributed by atoms with Crippen LogP contribution in [0.1, 0.15) is 28.7 Å². The standard InChI is InChI=1S/C25H23NO5/c1-30-23(16-9-3-2-4-10-16)22(24(27)28)26-25(29)31-15-21-19-13-7-5-11-17(19)18-12-6-8-14-20(18)21/h2-14,21-23H,15H2,1H3,(H,26,29)(H,27,28)/t22-,23+/m0/s1. The molecule has 0 aromatic heterocycles. The summed E-state index contributed by atoms with van der Waals surface area (Å²) in [6.45, 7) is 0.106. The van der Waals surface area contributed by atoms with Gasteiger partial charge in [-0.05, 0) is 27.8 Å². The second-order valence-corrected chi connectivity index (χ2v) is 7.35. The number of carbonyl (C=O) groups excluding carboxylic acids is 1. The molecule has 0 bridgehead atoms. The molecule has 0 saturated heterocycles. The Morgan fingerprint density at radius 2 is 1.45 bits per heavy atom. The van der Waals surface area contributed by atoms with Gasteiger partial charge in [0.25, 0.3) is 0 Å². The molecule has 6 heteroatoms. The average molecular weight is 417 g/mol. The van der Waals surface area contributed by atoms with Gasteiger partial charge in [0.15, 0.2) is 6.04 Å². The molecule has 6 nitrogen and oxygen atoms in total. The molecule has 0 spiro atoms. The molecule has 0 heterocycles. The van der Waals surface area contributed by atoms with Crippen molar-refractivity contribution in [3.63, 3.8) is 0 Å². The highest BCUT2D eigenvalue weighted by Gasteiger charge is 2.33. The van der Waals surface area contributed by atoms with Gasteiger partial charge in [0, 0.05) is 13.0 Å². The molecule has 2 atom stereocenters. The minimum absolute atomic E-state index is 0.103. The fourth-order valence-corrected chi connectivity index (χ4v) is 4.14. The van der Waals surface area contributed by atoms with Crippen LogP contribution < -0.4 is 5.32 Å². The lowest BCUT2D eigenvalue weighted by molar-refractivity contribution is -0.143. The lowest BCUT2D eigenvalue weighted by atomic mass is 9.98. The number of ether oxygens (including phenoxy) is 2. The molecule has 3 aromatic rings. The van der Waals surface area contributed by atoms with Gasteiger partial charge in [0.1, 0.15) is 12.7 Å². The molecular formula is C25H23NO5. The van der Waals surface area contributed by atoms with Crippen molar-refractivity contribution in [3.05, 3.63) is 95.6 Å². The van der Waals surface area contributed by atoms with Crippen molar-refractivity contribution >= 4 is 12.1 Å². The number of aliphatic carboxylic acids is 1. The van der Waals surface area contributed by atoms with Crippen LogP contribution in [0.4, 0.5) is 4.79 Å². The van der Waals surface area contributed by atoms with Gasteiger partial charge in [0.2, 0.25) is 0 Å². The molecule has 1 aliphatic rings. The number of nitrogens with one attached hydrogen (secondary N) is 1. The minimum Gasteiger partial charge on any atom is -0.480 e. The van der Waals surface area contributed by atoms with Crippen molar-refractivity contribution in [2.24, 2.45) is 0 Å². The second kappa shape index (κ2) is 9.02. The fraction of sp³-hybridized carbons (Fsp3) is 0.200. The van der Waals surface area contributed by atoms with E-state index in [1.54, 1.807) is 24.3 Å². The van der Waals surface area contributed by atoms with Gasteiger partial charge < -0.3 is 19.9 Å². The van der Waals surface area contributed by atoms with Crippen LogP contribution in [0, 0.1) is 0 Å². The number of fused-ring (bicyclic) bond motifs is 3. The van der Waals surface area contributed by atoms with E-state index >= 15 is 0 Å². The molecular weight excluding hydrogens is 394 g/mol. The Labute approximate surface area is 180 Å². The molecule has 1 aliphatic carbocycles. The van der Waals surface area contributed by atoms with E-state index in [1.165, 1.54) is 7.11 Å². The average Bonchev–Trinajstić information content (AvgIpc) is 3.12. The number of carbonyl (C=O) groups is 2. The van der Waals surface area contributed by atoms with Crippen LogP contribution in [0.3, 0.4) is 0 Å². The zero-order valence-electron chi connectivity index (χ0n) is 17.0. The van der Waals surface area contributed by atoms with Crippen molar-refractivity contribution < 1.29 is 24.2 Å². The van der Waals surface area contributed by atoms with Gasteiger partial charge in [-0.2, -0.15) is 0 Å². The van der Waals surface area contributed by atoms with Crippen LogP contribution in [0.25, 0.3) is 11.1 Å². The van der Waals surface area contributed by atoms with Crippen LogP contribution in [-0.2, 0) is 14.3 Å². The van der Waals surface area contributed by atoms with E-state index in [1.807, 2.05) is 42.5 Å². The number of rotatable bonds is 7. The number of carboxylic acids is 1. The summed E-state index contributed by atoms with van der Waals surface area (Å²) in [6.07, 6.45) is -1.65. The van der Waals surface area contributed by atoms with Crippen LogP contribution in [0.15, 0.2) is 78.9 Å². The zero-order chi connectivity index (χ0) is 21.8. The molecule has 0 aliphatic heterocycles. The summed E-state index contributed by atoms with van der Waals surface area (Å²) in [4.78, 5) is 24.4. The van der Waals surface area contributed by atoms with Crippen molar-refractivity contribution in [3.8, 4) is 11.1 Å². The summed E-state index contributed by atoms with van der Waals surface area (Å²) >= 11 is 0. The normalized spacial score (nSPS) is 14.2. The second-order valence-electron chi connectivity index (χ2n) is 7.35. The molecule has 0 radical (unpaired) electrons. The minimum atomic E-state index is -1.29. The first-order valence-electron chi connectivity index (χ1n) is 10.0. The van der Waals surface area contributed by atoms with Crippen molar-refractivity contribution in [1.29, 1.82) is 0 Å². The molecule has 31 heavy (non-hydrogen) atoms. The number of hydrogen-bond acceptors (Lipinski definition) is 4. The van der Waals surface area contributed by atoms with E-state index in [0.717, 1.165) is 22.3 Å². The third kappa shape index (κ3) is 4.15. The molecule has 0 saturated carbocycles. The zero-order valence-corrected chi connectivity index (χ0v) is 17.0. The number of carboxylic acid groups (broad SMARTS) is 1. The largest absolute Gasteiger partial charge is 0.480 e. The molecule has 1 amide bonds. The first-order chi connectivity index (χ1) is 15.1. The van der Waals surface area contributed by atoms with Crippen molar-refractivity contribution in [2.75, 3.05) is 13.7 Å². The van der Waals surface area contributed by atoms with Crippen LogP contribution >= 0.6 is 0 Å². The van der Waals surface area contributed by atoms with Crippen LogP contribution in [0.2, 0.25) is 0 Å². The fourth-order valence-electron chi connectivity index (χ4n) is 4.14. The van der Waals surface area contributed by atoms with Gasteiger partial charge in [-0.25, -0.2) is 9.59 Å². The van der Waals surface area contributed by atoms with Crippen LogP contribution in [-0.4, -0.2) is 36.9 Å². The van der Waals surface area contributed by atoms with Gasteiger partial charge >= 0.3 is 12.1 Å². The summed E-state index contributed by atoms with van der Waals surface area (Å²) in [6, 6.07) is 23.7. The Morgan fingerprint density at radius 3 is 2.00 bits per heavy atom. The van der Waals surface area contributed by atoms with E-state index in [4.69, 9.17) is 9.47 Å². The van der Waals surface area contributed by atoms with E-state index in [9.17, 15) is 14.7 Å². The van der Waals surface area contributed by atoms with Crippen molar-refractivity contribution in [1.82, 2.24) is 5.32 Å². The molecule has 0 fully saturated rings. The predicted octanol–water partition coefficient (Wildman–Crippen LogP) is 4.37. The topological polar surface area (TPSA) is 84.9 Å². The summed E-state index contributed by atoms with van der Waals surface area (Å²) in [5.41, 5.74) is 5.07. The molecule has 2 N–H and O–H groups in total. The molecule has 158 valence electrons. The van der Waals surface area contributed by atoms with E-state index in [2.05, 4.69) is 17.4 Å². The number of amides is 1. The summed E-state index contributed by atoms with van der Waals surface area (Å²) in [7, 11) is 1.41. The van der Waals surface area contributed by atoms with Crippen molar-refractivity contribution in [2.45, 2.75) is 18.1 Å². The monoisotopic (exact) mass is 417 g/mol. The first-order valence-corrected chi connectivity index (χ1v) is 10.0. The van der Waals surface area contributed by atoms with Gasteiger partial charge in [0.05, 0.1) is 0 Å². The summed E-state index contributed by atoms with van der Waals surface area (Å²) < 4.78 is 10.9. The third-order valence-electron chi connectivity index (χ3n) is 5.57. The smallest absolute Gasteiger partial charge is 0.407 e. The van der Waals surface area contributed by atoms with Gasteiger partial charge in [-0.3, -0.25) is 0 Å². The Hall–Kier alpha value is -3.64. The lowest BCUT2D eigenvalue weighted by Crippen LogP contribution is -2.46. The maximum absolute atomic E-state index is 12.5. The third-order valence-corrected chi connectivity index (χ3v) is 5.57. The summed E-state index contributed by atoms with van der Waals surface area (Å²) in [5.74, 6) is -1.31. The summed E-state index contributed by atoms with van der Waals surface area (Å²) in [5, 5.41) is 12.1. The van der Waals surface area contributed by atoms with Crippen LogP contribution in [0.5, 0.6) is 0 Å². The molecule has 0 unspecified atom stereocenters. The first kappa shape index (κ1) is 20.6. The van der Waals surface area contributed by atoms with E-state index < -0.39 is 24.2 Å². The number of benzene rings is 3. The molecule has 3 aromatic carbocycles. The highest BCUT2D eigenvalue weighted by molar-refractivity contribution is 5.81. The Balaban J connectivity index is 1.48. The quantitative estimate of drug-likeness (QED) is 0.596. The maximum atomic E-state index is 12.5. The van der Waals surface area contributed by atoms with E-state index in [0.29, 0.717) is 5.56 Å². The molecule has 4 rings (SSSR count). The van der Waals surface area contributed by atoms with Gasteiger partial charge in [-0.1, -0.05) is 78.9 Å². The number of methoxy groups -OCH3 is 1. The predicted molar refractivity (Wildman–Crippen MR) is 116 cm³/mol.